The molecule has 0 aliphatic carbocycles. The van der Waals surface area contributed by atoms with Crippen molar-refractivity contribution in [2.24, 2.45) is 0 Å². The number of hydrogen-bond donors (Lipinski definition) is 1. The Morgan fingerprint density at radius 1 is 1.05 bits per heavy atom. The van der Waals surface area contributed by atoms with Crippen LogP contribution in [0.3, 0.4) is 0 Å². The molecule has 1 atom stereocenters. The molecule has 1 N–H and O–H groups in total. The molecule has 0 saturated carbocycles. The van der Waals surface area contributed by atoms with Gasteiger partial charge in [-0.15, -0.1) is 0 Å². The van der Waals surface area contributed by atoms with Gasteiger partial charge in [-0.1, -0.05) is 36.4 Å². The lowest BCUT2D eigenvalue weighted by Gasteiger charge is -2.17. The van der Waals surface area contributed by atoms with Gasteiger partial charge in [0.2, 0.25) is 0 Å². The van der Waals surface area contributed by atoms with Crippen molar-refractivity contribution < 1.29 is 13.2 Å². The first-order valence-corrected chi connectivity index (χ1v) is 8.85. The molecule has 2 aromatic carbocycles. The van der Waals surface area contributed by atoms with Crippen LogP contribution in [0.25, 0.3) is 0 Å². The summed E-state index contributed by atoms with van der Waals surface area (Å²) >= 11 is 0. The maximum Gasteiger partial charge on any atom is 0.253 e. The average molecular weight is 317 g/mol. The molecule has 0 aromatic heterocycles. The summed E-state index contributed by atoms with van der Waals surface area (Å²) in [6.45, 7) is 3.85. The standard InChI is InChI=1S/C17H19NO3S/c1-12-8-4-5-9-14(12)13(2)18-17(19)15-10-6-7-11-16(15)22(3,20)21/h4-11,13H,1-3H3,(H,18,19). The van der Waals surface area contributed by atoms with Gasteiger partial charge < -0.3 is 5.32 Å². The highest BCUT2D eigenvalue weighted by molar-refractivity contribution is 7.90. The van der Waals surface area contributed by atoms with Crippen LogP contribution in [0.5, 0.6) is 0 Å². The van der Waals surface area contributed by atoms with Crippen molar-refractivity contribution in [3.63, 3.8) is 0 Å². The smallest absolute Gasteiger partial charge is 0.253 e. The van der Waals surface area contributed by atoms with Crippen LogP contribution < -0.4 is 5.32 Å². The molecule has 0 bridgehead atoms. The van der Waals surface area contributed by atoms with Crippen LogP contribution in [-0.2, 0) is 9.84 Å². The van der Waals surface area contributed by atoms with Gasteiger partial charge in [0.05, 0.1) is 16.5 Å². The van der Waals surface area contributed by atoms with E-state index in [1.807, 2.05) is 38.1 Å². The second kappa shape index (κ2) is 6.32. The summed E-state index contributed by atoms with van der Waals surface area (Å²) in [5.41, 5.74) is 2.25. The largest absolute Gasteiger partial charge is 0.345 e. The Morgan fingerprint density at radius 2 is 1.64 bits per heavy atom. The molecule has 0 aliphatic rings. The second-order valence-corrected chi connectivity index (χ2v) is 7.30. The van der Waals surface area contributed by atoms with Gasteiger partial charge in [0.1, 0.15) is 0 Å². The quantitative estimate of drug-likeness (QED) is 0.943. The number of carbonyl (C=O) groups excluding carboxylic acids is 1. The Labute approximate surface area is 131 Å². The van der Waals surface area contributed by atoms with Crippen molar-refractivity contribution in [3.8, 4) is 0 Å². The molecule has 116 valence electrons. The lowest BCUT2D eigenvalue weighted by atomic mass is 10.0. The van der Waals surface area contributed by atoms with Crippen LogP contribution in [0.15, 0.2) is 53.4 Å². The maximum atomic E-state index is 12.4. The average Bonchev–Trinajstić information content (AvgIpc) is 2.46. The first-order chi connectivity index (χ1) is 10.3. The number of rotatable bonds is 4. The van der Waals surface area contributed by atoms with E-state index in [0.717, 1.165) is 17.4 Å². The van der Waals surface area contributed by atoms with Crippen molar-refractivity contribution in [2.45, 2.75) is 24.8 Å². The molecule has 4 nitrogen and oxygen atoms in total. The second-order valence-electron chi connectivity index (χ2n) is 5.32. The van der Waals surface area contributed by atoms with Crippen molar-refractivity contribution in [1.29, 1.82) is 0 Å². The molecule has 0 saturated heterocycles. The summed E-state index contributed by atoms with van der Waals surface area (Å²) in [5.74, 6) is -0.392. The number of benzene rings is 2. The molecule has 5 heteroatoms. The van der Waals surface area contributed by atoms with E-state index in [1.54, 1.807) is 12.1 Å². The van der Waals surface area contributed by atoms with Gasteiger partial charge in [-0.2, -0.15) is 0 Å². The zero-order valence-electron chi connectivity index (χ0n) is 12.8. The van der Waals surface area contributed by atoms with Crippen LogP contribution >= 0.6 is 0 Å². The van der Waals surface area contributed by atoms with Crippen molar-refractivity contribution in [2.75, 3.05) is 6.26 Å². The third-order valence-corrected chi connectivity index (χ3v) is 4.69. The number of carbonyl (C=O) groups is 1. The first-order valence-electron chi connectivity index (χ1n) is 6.96. The minimum Gasteiger partial charge on any atom is -0.345 e. The summed E-state index contributed by atoms with van der Waals surface area (Å²) in [7, 11) is -3.45. The third-order valence-electron chi connectivity index (χ3n) is 3.53. The summed E-state index contributed by atoms with van der Waals surface area (Å²) in [6, 6.07) is 13.8. The van der Waals surface area contributed by atoms with Crippen molar-refractivity contribution in [3.05, 3.63) is 65.2 Å². The number of hydrogen-bond acceptors (Lipinski definition) is 3. The van der Waals surface area contributed by atoms with Gasteiger partial charge in [0.25, 0.3) is 5.91 Å². The van der Waals surface area contributed by atoms with E-state index in [-0.39, 0.29) is 16.5 Å². The van der Waals surface area contributed by atoms with Crippen molar-refractivity contribution >= 4 is 15.7 Å². The lowest BCUT2D eigenvalue weighted by Crippen LogP contribution is -2.28. The third kappa shape index (κ3) is 3.54. The molecule has 2 rings (SSSR count). The minimum absolute atomic E-state index is 0.0458. The molecule has 1 unspecified atom stereocenters. The summed E-state index contributed by atoms with van der Waals surface area (Å²) in [4.78, 5) is 12.5. The van der Waals surface area contributed by atoms with Crippen LogP contribution in [-0.4, -0.2) is 20.6 Å². The zero-order chi connectivity index (χ0) is 16.3. The number of nitrogens with one attached hydrogen (secondary N) is 1. The molecule has 0 heterocycles. The lowest BCUT2D eigenvalue weighted by molar-refractivity contribution is 0.0936. The number of aryl methyl sites for hydroxylation is 1. The Bertz CT molecular complexity index is 797. The molecular weight excluding hydrogens is 298 g/mol. The van der Waals surface area contributed by atoms with Crippen molar-refractivity contribution in [1.82, 2.24) is 5.32 Å². The molecule has 0 radical (unpaired) electrons. The maximum absolute atomic E-state index is 12.4. The van der Waals surface area contributed by atoms with E-state index in [9.17, 15) is 13.2 Å². The first kappa shape index (κ1) is 16.2. The normalized spacial score (nSPS) is 12.7. The number of sulfone groups is 1. The highest BCUT2D eigenvalue weighted by atomic mass is 32.2. The Morgan fingerprint density at radius 3 is 2.27 bits per heavy atom. The van der Waals surface area contributed by atoms with Crippen LogP contribution in [0, 0.1) is 6.92 Å². The van der Waals surface area contributed by atoms with Gasteiger partial charge in [-0.05, 0) is 37.1 Å². The van der Waals surface area contributed by atoms with Crippen LogP contribution in [0.1, 0.15) is 34.5 Å². The number of amides is 1. The molecular formula is C17H19NO3S. The van der Waals surface area contributed by atoms with E-state index >= 15 is 0 Å². The molecule has 2 aromatic rings. The van der Waals surface area contributed by atoms with Gasteiger partial charge in [0, 0.05) is 6.26 Å². The molecule has 0 spiro atoms. The Balaban J connectivity index is 2.29. The Kier molecular flexibility index (Phi) is 4.66. The topological polar surface area (TPSA) is 63.2 Å². The van der Waals surface area contributed by atoms with Gasteiger partial charge in [0.15, 0.2) is 9.84 Å². The van der Waals surface area contributed by atoms with Gasteiger partial charge in [-0.25, -0.2) is 8.42 Å². The van der Waals surface area contributed by atoms with E-state index in [0.29, 0.717) is 0 Å². The predicted octanol–water partition coefficient (Wildman–Crippen LogP) is 2.89. The fourth-order valence-corrected chi connectivity index (χ4v) is 3.29. The van der Waals surface area contributed by atoms with Gasteiger partial charge in [-0.3, -0.25) is 4.79 Å². The monoisotopic (exact) mass is 317 g/mol. The van der Waals surface area contributed by atoms with Crippen LogP contribution in [0.4, 0.5) is 0 Å². The van der Waals surface area contributed by atoms with E-state index in [1.165, 1.54) is 12.1 Å². The summed E-state index contributed by atoms with van der Waals surface area (Å²) in [6.07, 6.45) is 1.10. The summed E-state index contributed by atoms with van der Waals surface area (Å²) in [5, 5.41) is 2.86. The fourth-order valence-electron chi connectivity index (χ4n) is 2.40. The summed E-state index contributed by atoms with van der Waals surface area (Å²) < 4.78 is 23.6. The molecule has 0 fully saturated rings. The van der Waals surface area contributed by atoms with E-state index in [2.05, 4.69) is 5.32 Å². The highest BCUT2D eigenvalue weighted by Crippen LogP contribution is 2.19. The van der Waals surface area contributed by atoms with Crippen LogP contribution in [0.2, 0.25) is 0 Å². The van der Waals surface area contributed by atoms with Gasteiger partial charge >= 0.3 is 0 Å². The Hall–Kier alpha value is -2.14. The minimum atomic E-state index is -3.45. The predicted molar refractivity (Wildman–Crippen MR) is 86.6 cm³/mol. The van der Waals surface area contributed by atoms with E-state index < -0.39 is 15.7 Å². The fraction of sp³-hybridized carbons (Fsp3) is 0.235. The molecule has 22 heavy (non-hydrogen) atoms. The molecule has 1 amide bonds. The SMILES string of the molecule is Cc1ccccc1C(C)NC(=O)c1ccccc1S(C)(=O)=O. The zero-order valence-corrected chi connectivity index (χ0v) is 13.6. The van der Waals surface area contributed by atoms with E-state index in [4.69, 9.17) is 0 Å². The molecule has 0 aliphatic heterocycles. The highest BCUT2D eigenvalue weighted by Gasteiger charge is 2.20.